The minimum absolute atomic E-state index is 0.0218. The van der Waals surface area contributed by atoms with E-state index < -0.39 is 0 Å². The number of rotatable bonds is 5. The van der Waals surface area contributed by atoms with Gasteiger partial charge in [-0.2, -0.15) is 5.10 Å². The second kappa shape index (κ2) is 10.5. The topological polar surface area (TPSA) is 75.9 Å². The fourth-order valence-electron chi connectivity index (χ4n) is 5.45. The van der Waals surface area contributed by atoms with Gasteiger partial charge in [0.1, 0.15) is 5.82 Å². The van der Waals surface area contributed by atoms with Crippen LogP contribution in [-0.2, 0) is 0 Å². The zero-order valence-corrected chi connectivity index (χ0v) is 20.2. The lowest BCUT2D eigenvalue weighted by Crippen LogP contribution is -2.49. The number of benzene rings is 1. The first-order valence-electron chi connectivity index (χ1n) is 12.8. The third kappa shape index (κ3) is 5.36. The van der Waals surface area contributed by atoms with E-state index in [4.69, 9.17) is 5.10 Å². The van der Waals surface area contributed by atoms with E-state index in [1.165, 1.54) is 44.2 Å². The van der Waals surface area contributed by atoms with E-state index in [-0.39, 0.29) is 23.8 Å². The molecule has 184 valence electrons. The van der Waals surface area contributed by atoms with Crippen LogP contribution in [0.3, 0.4) is 0 Å². The Morgan fingerprint density at radius 3 is 2.54 bits per heavy atom. The monoisotopic (exact) mass is 476 g/mol. The molecule has 8 heteroatoms. The molecule has 1 N–H and O–H groups in total. The molecule has 1 saturated heterocycles. The quantitative estimate of drug-likeness (QED) is 0.540. The molecule has 2 amide bonds. The highest BCUT2D eigenvalue weighted by Gasteiger charge is 2.30. The molecule has 1 aromatic carbocycles. The summed E-state index contributed by atoms with van der Waals surface area (Å²) >= 11 is 0. The Hall–Kier alpha value is -3.29. The summed E-state index contributed by atoms with van der Waals surface area (Å²) < 4.78 is 15.3. The second-order valence-corrected chi connectivity index (χ2v) is 9.84. The summed E-state index contributed by atoms with van der Waals surface area (Å²) in [5.41, 5.74) is 2.53. The van der Waals surface area contributed by atoms with Crippen LogP contribution in [0.2, 0.25) is 0 Å². The standard InChI is InChI=1S/C27H33FN6O/c1-19(20-7-3-2-4-8-20)31-27(35)33-16-5-9-22(18-33)25-17-24(21-10-12-23(28)13-11-21)32-34(25)26-29-14-6-15-30-26/h6,10-15,17,19-20,22H,2-5,7-9,16,18H2,1H3,(H,31,35)/t19-,22?/m1/s1. The van der Waals surface area contributed by atoms with Crippen LogP contribution in [0.15, 0.2) is 48.8 Å². The second-order valence-electron chi connectivity index (χ2n) is 9.84. The minimum Gasteiger partial charge on any atom is -0.335 e. The number of hydrogen-bond donors (Lipinski definition) is 1. The Balaban J connectivity index is 1.37. The Kier molecular flexibility index (Phi) is 7.06. The lowest BCUT2D eigenvalue weighted by atomic mass is 9.84. The van der Waals surface area contributed by atoms with Gasteiger partial charge in [-0.15, -0.1) is 0 Å². The van der Waals surface area contributed by atoms with Gasteiger partial charge in [0.15, 0.2) is 0 Å². The zero-order valence-electron chi connectivity index (χ0n) is 20.2. The summed E-state index contributed by atoms with van der Waals surface area (Å²) in [7, 11) is 0. The molecule has 1 unspecified atom stereocenters. The van der Waals surface area contributed by atoms with Crippen LogP contribution in [0, 0.1) is 11.7 Å². The van der Waals surface area contributed by atoms with E-state index in [1.54, 1.807) is 35.3 Å². The third-order valence-corrected chi connectivity index (χ3v) is 7.45. The van der Waals surface area contributed by atoms with Crippen molar-refractivity contribution < 1.29 is 9.18 Å². The number of likely N-dealkylation sites (tertiary alicyclic amines) is 1. The van der Waals surface area contributed by atoms with Gasteiger partial charge in [0, 0.05) is 43.0 Å². The van der Waals surface area contributed by atoms with Crippen molar-refractivity contribution in [3.63, 3.8) is 0 Å². The van der Waals surface area contributed by atoms with E-state index >= 15 is 0 Å². The van der Waals surface area contributed by atoms with E-state index in [2.05, 4.69) is 22.2 Å². The largest absolute Gasteiger partial charge is 0.335 e. The van der Waals surface area contributed by atoms with Crippen LogP contribution in [-0.4, -0.2) is 49.8 Å². The summed E-state index contributed by atoms with van der Waals surface area (Å²) in [5.74, 6) is 0.882. The number of carbonyl (C=O) groups excluding carboxylic acids is 1. The smallest absolute Gasteiger partial charge is 0.317 e. The molecule has 3 heterocycles. The number of nitrogens with zero attached hydrogens (tertiary/aromatic N) is 5. The van der Waals surface area contributed by atoms with Gasteiger partial charge in [-0.25, -0.2) is 23.8 Å². The van der Waals surface area contributed by atoms with Crippen LogP contribution >= 0.6 is 0 Å². The Morgan fingerprint density at radius 2 is 1.80 bits per heavy atom. The summed E-state index contributed by atoms with van der Waals surface area (Å²) in [6.45, 7) is 3.51. The van der Waals surface area contributed by atoms with Gasteiger partial charge in [-0.1, -0.05) is 19.3 Å². The van der Waals surface area contributed by atoms with E-state index in [0.717, 1.165) is 36.3 Å². The minimum atomic E-state index is -0.281. The molecule has 1 saturated carbocycles. The van der Waals surface area contributed by atoms with Gasteiger partial charge in [-0.05, 0) is 74.9 Å². The third-order valence-electron chi connectivity index (χ3n) is 7.45. The number of carbonyl (C=O) groups is 1. The molecule has 2 atom stereocenters. The van der Waals surface area contributed by atoms with Crippen molar-refractivity contribution in [2.45, 2.75) is 63.8 Å². The summed E-state index contributed by atoms with van der Waals surface area (Å²) in [5, 5.41) is 8.06. The van der Waals surface area contributed by atoms with Crippen LogP contribution in [0.4, 0.5) is 9.18 Å². The van der Waals surface area contributed by atoms with Crippen molar-refractivity contribution in [1.82, 2.24) is 30.0 Å². The Morgan fingerprint density at radius 1 is 1.06 bits per heavy atom. The molecule has 2 fully saturated rings. The fourth-order valence-corrected chi connectivity index (χ4v) is 5.45. The highest BCUT2D eigenvalue weighted by molar-refractivity contribution is 5.74. The van der Waals surface area contributed by atoms with Crippen LogP contribution in [0.5, 0.6) is 0 Å². The maximum Gasteiger partial charge on any atom is 0.317 e. The zero-order chi connectivity index (χ0) is 24.2. The number of aromatic nitrogens is 4. The predicted octanol–water partition coefficient (Wildman–Crippen LogP) is 5.33. The first kappa shape index (κ1) is 23.5. The highest BCUT2D eigenvalue weighted by Crippen LogP contribution is 2.32. The van der Waals surface area contributed by atoms with Gasteiger partial charge in [0.25, 0.3) is 5.95 Å². The van der Waals surface area contributed by atoms with Gasteiger partial charge in [0.2, 0.25) is 0 Å². The number of hydrogen-bond acceptors (Lipinski definition) is 4. The van der Waals surface area contributed by atoms with Crippen molar-refractivity contribution in [1.29, 1.82) is 0 Å². The van der Waals surface area contributed by atoms with Crippen molar-refractivity contribution in [2.75, 3.05) is 13.1 Å². The number of halogens is 1. The summed E-state index contributed by atoms with van der Waals surface area (Å²) in [6.07, 6.45) is 11.5. The number of piperidine rings is 1. The predicted molar refractivity (Wildman–Crippen MR) is 133 cm³/mol. The summed E-state index contributed by atoms with van der Waals surface area (Å²) in [6, 6.07) is 10.3. The maximum absolute atomic E-state index is 13.5. The van der Waals surface area contributed by atoms with E-state index in [0.29, 0.717) is 18.4 Å². The van der Waals surface area contributed by atoms with E-state index in [1.807, 2.05) is 11.0 Å². The molecule has 35 heavy (non-hydrogen) atoms. The number of amides is 2. The first-order valence-corrected chi connectivity index (χ1v) is 12.8. The normalized spacial score (nSPS) is 19.9. The van der Waals surface area contributed by atoms with Crippen LogP contribution < -0.4 is 5.32 Å². The van der Waals surface area contributed by atoms with E-state index in [9.17, 15) is 9.18 Å². The van der Waals surface area contributed by atoms with Crippen molar-refractivity contribution in [3.8, 4) is 17.2 Å². The molecule has 7 nitrogen and oxygen atoms in total. The molecule has 1 aliphatic carbocycles. The van der Waals surface area contributed by atoms with Gasteiger partial charge >= 0.3 is 6.03 Å². The molecule has 3 aromatic rings. The number of urea groups is 1. The maximum atomic E-state index is 13.5. The molecule has 1 aliphatic heterocycles. The van der Waals surface area contributed by atoms with Gasteiger partial charge in [0.05, 0.1) is 11.4 Å². The molecule has 0 spiro atoms. The van der Waals surface area contributed by atoms with Gasteiger partial charge < -0.3 is 10.2 Å². The van der Waals surface area contributed by atoms with Crippen LogP contribution in [0.1, 0.15) is 63.5 Å². The van der Waals surface area contributed by atoms with Crippen molar-refractivity contribution >= 4 is 6.03 Å². The SMILES string of the molecule is C[C@@H](NC(=O)N1CCCC(c2cc(-c3ccc(F)cc3)nn2-c2ncccn2)C1)C1CCCCC1. The van der Waals surface area contributed by atoms with Crippen LogP contribution in [0.25, 0.3) is 17.2 Å². The molecule has 2 aliphatic rings. The highest BCUT2D eigenvalue weighted by atomic mass is 19.1. The molecular weight excluding hydrogens is 443 g/mol. The Bertz CT molecular complexity index is 1130. The lowest BCUT2D eigenvalue weighted by Gasteiger charge is -2.35. The average molecular weight is 477 g/mol. The first-order chi connectivity index (χ1) is 17.1. The lowest BCUT2D eigenvalue weighted by molar-refractivity contribution is 0.168. The molecule has 2 aromatic heterocycles. The van der Waals surface area contributed by atoms with Crippen molar-refractivity contribution in [2.24, 2.45) is 5.92 Å². The summed E-state index contributed by atoms with van der Waals surface area (Å²) in [4.78, 5) is 23.9. The average Bonchev–Trinajstić information content (AvgIpc) is 3.36. The van der Waals surface area contributed by atoms with Crippen molar-refractivity contribution in [3.05, 3.63) is 60.3 Å². The molecule has 5 rings (SSSR count). The molecule has 0 radical (unpaired) electrons. The van der Waals surface area contributed by atoms with Gasteiger partial charge in [-0.3, -0.25) is 0 Å². The molecular formula is C27H33FN6O. The molecule has 0 bridgehead atoms. The number of nitrogens with one attached hydrogen (secondary N) is 1. The Labute approximate surface area is 205 Å². The fraction of sp³-hybridized carbons (Fsp3) is 0.481.